The molecule has 2 aromatic rings. The number of benzene rings is 1. The Kier molecular flexibility index (Phi) is 4.16. The van der Waals surface area contributed by atoms with E-state index in [0.717, 1.165) is 43.1 Å². The molecule has 0 amide bonds. The van der Waals surface area contributed by atoms with Crippen molar-refractivity contribution in [1.29, 1.82) is 0 Å². The van der Waals surface area contributed by atoms with Gasteiger partial charge in [-0.1, -0.05) is 23.2 Å². The monoisotopic (exact) mass is 347 g/mol. The van der Waals surface area contributed by atoms with Crippen LogP contribution in [0.3, 0.4) is 0 Å². The van der Waals surface area contributed by atoms with Crippen LogP contribution in [0.5, 0.6) is 0 Å². The molecule has 2 aliphatic rings. The van der Waals surface area contributed by atoms with Crippen LogP contribution >= 0.6 is 23.2 Å². The standard InChI is InChI=1S/C18H19Cl2N3/c19-13-9-12(10-14(20)11-13)17-21-16-6-4-5-15(16)18(22-17)23-7-2-1-3-8-23/h9-11H,1-8H2. The number of hydrogen-bond acceptors (Lipinski definition) is 3. The predicted octanol–water partition coefficient (Wildman–Crippen LogP) is 4.93. The predicted molar refractivity (Wildman–Crippen MR) is 95.6 cm³/mol. The number of aromatic nitrogens is 2. The normalized spacial score (nSPS) is 17.4. The third-order valence-electron chi connectivity index (χ3n) is 4.69. The van der Waals surface area contributed by atoms with E-state index in [1.165, 1.54) is 36.9 Å². The van der Waals surface area contributed by atoms with Crippen LogP contribution in [-0.4, -0.2) is 23.1 Å². The molecular formula is C18H19Cl2N3. The van der Waals surface area contributed by atoms with Gasteiger partial charge in [0.25, 0.3) is 0 Å². The minimum Gasteiger partial charge on any atom is -0.356 e. The second-order valence-electron chi connectivity index (χ2n) is 6.36. The van der Waals surface area contributed by atoms with Crippen LogP contribution in [0.15, 0.2) is 18.2 Å². The van der Waals surface area contributed by atoms with Gasteiger partial charge >= 0.3 is 0 Å². The van der Waals surface area contributed by atoms with Crippen LogP contribution in [0, 0.1) is 0 Å². The molecule has 120 valence electrons. The van der Waals surface area contributed by atoms with E-state index in [-0.39, 0.29) is 0 Å². The zero-order chi connectivity index (χ0) is 15.8. The van der Waals surface area contributed by atoms with Crippen LogP contribution in [0.25, 0.3) is 11.4 Å². The van der Waals surface area contributed by atoms with Crippen LogP contribution < -0.4 is 4.90 Å². The molecule has 23 heavy (non-hydrogen) atoms. The SMILES string of the molecule is Clc1cc(Cl)cc(-c2nc3c(c(N4CCCCC4)n2)CCC3)c1. The molecule has 1 aromatic heterocycles. The Morgan fingerprint density at radius 2 is 1.57 bits per heavy atom. The molecule has 1 saturated heterocycles. The molecule has 0 bridgehead atoms. The molecule has 4 rings (SSSR count). The zero-order valence-electron chi connectivity index (χ0n) is 13.0. The number of aryl methyl sites for hydroxylation is 1. The van der Waals surface area contributed by atoms with Gasteiger partial charge in [0.1, 0.15) is 5.82 Å². The van der Waals surface area contributed by atoms with E-state index in [1.54, 1.807) is 6.07 Å². The summed E-state index contributed by atoms with van der Waals surface area (Å²) in [5.74, 6) is 1.88. The molecular weight excluding hydrogens is 329 g/mol. The van der Waals surface area contributed by atoms with Crippen molar-refractivity contribution in [3.8, 4) is 11.4 Å². The van der Waals surface area contributed by atoms with Gasteiger partial charge in [-0.05, 0) is 56.7 Å². The molecule has 0 saturated carbocycles. The Hall–Kier alpha value is -1.32. The van der Waals surface area contributed by atoms with Gasteiger partial charge in [0.2, 0.25) is 0 Å². The van der Waals surface area contributed by atoms with E-state index in [2.05, 4.69) is 4.90 Å². The lowest BCUT2D eigenvalue weighted by Crippen LogP contribution is -2.31. The Bertz CT molecular complexity index is 719. The highest BCUT2D eigenvalue weighted by molar-refractivity contribution is 6.35. The molecule has 0 spiro atoms. The molecule has 1 aliphatic carbocycles. The summed E-state index contributed by atoms with van der Waals surface area (Å²) in [6.45, 7) is 2.19. The van der Waals surface area contributed by atoms with Gasteiger partial charge in [-0.3, -0.25) is 0 Å². The third kappa shape index (κ3) is 3.05. The van der Waals surface area contributed by atoms with Crippen LogP contribution in [0.1, 0.15) is 36.9 Å². The van der Waals surface area contributed by atoms with Crippen molar-refractivity contribution in [3.63, 3.8) is 0 Å². The van der Waals surface area contributed by atoms with E-state index in [9.17, 15) is 0 Å². The fourth-order valence-corrected chi connectivity index (χ4v) is 4.12. The Morgan fingerprint density at radius 3 is 2.30 bits per heavy atom. The maximum absolute atomic E-state index is 6.16. The lowest BCUT2D eigenvalue weighted by atomic mass is 10.1. The fraction of sp³-hybridized carbons (Fsp3) is 0.444. The number of nitrogens with zero attached hydrogens (tertiary/aromatic N) is 3. The molecule has 1 aromatic carbocycles. The number of halogens is 2. The first kappa shape index (κ1) is 15.2. The van der Waals surface area contributed by atoms with E-state index >= 15 is 0 Å². The highest BCUT2D eigenvalue weighted by Gasteiger charge is 2.24. The summed E-state index contributed by atoms with van der Waals surface area (Å²) >= 11 is 12.3. The average molecular weight is 348 g/mol. The first-order chi connectivity index (χ1) is 11.2. The topological polar surface area (TPSA) is 29.0 Å². The summed E-state index contributed by atoms with van der Waals surface area (Å²) in [4.78, 5) is 12.2. The Balaban J connectivity index is 1.81. The van der Waals surface area contributed by atoms with Gasteiger partial charge in [0, 0.05) is 40.0 Å². The average Bonchev–Trinajstić information content (AvgIpc) is 3.02. The third-order valence-corrected chi connectivity index (χ3v) is 5.12. The number of fused-ring (bicyclic) bond motifs is 1. The second kappa shape index (κ2) is 6.29. The van der Waals surface area contributed by atoms with Crippen molar-refractivity contribution in [2.24, 2.45) is 0 Å². The molecule has 3 nitrogen and oxygen atoms in total. The number of piperidine rings is 1. The molecule has 2 heterocycles. The summed E-state index contributed by atoms with van der Waals surface area (Å²) in [6.07, 6.45) is 7.12. The summed E-state index contributed by atoms with van der Waals surface area (Å²) in [5, 5.41) is 1.24. The first-order valence-corrected chi connectivity index (χ1v) is 9.07. The van der Waals surface area contributed by atoms with E-state index < -0.39 is 0 Å². The van der Waals surface area contributed by atoms with Gasteiger partial charge in [0.15, 0.2) is 5.82 Å². The van der Waals surface area contributed by atoms with Crippen LogP contribution in [-0.2, 0) is 12.8 Å². The molecule has 1 aliphatic heterocycles. The van der Waals surface area contributed by atoms with E-state index in [1.807, 2.05) is 12.1 Å². The van der Waals surface area contributed by atoms with Gasteiger partial charge in [-0.2, -0.15) is 0 Å². The maximum atomic E-state index is 6.16. The van der Waals surface area contributed by atoms with E-state index in [4.69, 9.17) is 33.2 Å². The summed E-state index contributed by atoms with van der Waals surface area (Å²) in [5.41, 5.74) is 3.45. The Labute approximate surface area is 146 Å². The van der Waals surface area contributed by atoms with Gasteiger partial charge in [0.05, 0.1) is 0 Å². The van der Waals surface area contributed by atoms with Crippen LogP contribution in [0.2, 0.25) is 10.0 Å². The molecule has 0 unspecified atom stereocenters. The smallest absolute Gasteiger partial charge is 0.161 e. The number of hydrogen-bond donors (Lipinski definition) is 0. The lowest BCUT2D eigenvalue weighted by molar-refractivity contribution is 0.571. The summed E-state index contributed by atoms with van der Waals surface area (Å²) < 4.78 is 0. The fourth-order valence-electron chi connectivity index (χ4n) is 3.59. The molecule has 5 heteroatoms. The summed E-state index contributed by atoms with van der Waals surface area (Å²) in [6, 6.07) is 5.53. The molecule has 1 fully saturated rings. The molecule has 0 atom stereocenters. The minimum atomic E-state index is 0.621. The lowest BCUT2D eigenvalue weighted by Gasteiger charge is -2.29. The second-order valence-corrected chi connectivity index (χ2v) is 7.23. The van der Waals surface area contributed by atoms with Crippen LogP contribution in [0.4, 0.5) is 5.82 Å². The largest absolute Gasteiger partial charge is 0.356 e. The quantitative estimate of drug-likeness (QED) is 0.771. The van der Waals surface area contributed by atoms with Crippen molar-refractivity contribution in [3.05, 3.63) is 39.5 Å². The van der Waals surface area contributed by atoms with Gasteiger partial charge in [-0.15, -0.1) is 0 Å². The van der Waals surface area contributed by atoms with Crippen molar-refractivity contribution < 1.29 is 0 Å². The first-order valence-electron chi connectivity index (χ1n) is 8.32. The minimum absolute atomic E-state index is 0.621. The highest BCUT2D eigenvalue weighted by atomic mass is 35.5. The zero-order valence-corrected chi connectivity index (χ0v) is 14.5. The number of rotatable bonds is 2. The number of anilines is 1. The van der Waals surface area contributed by atoms with Crippen molar-refractivity contribution in [1.82, 2.24) is 9.97 Å². The Morgan fingerprint density at radius 1 is 0.826 bits per heavy atom. The van der Waals surface area contributed by atoms with Crippen molar-refractivity contribution in [2.45, 2.75) is 38.5 Å². The maximum Gasteiger partial charge on any atom is 0.161 e. The van der Waals surface area contributed by atoms with Gasteiger partial charge in [-0.25, -0.2) is 9.97 Å². The van der Waals surface area contributed by atoms with Crippen molar-refractivity contribution in [2.75, 3.05) is 18.0 Å². The molecule has 0 N–H and O–H groups in total. The summed E-state index contributed by atoms with van der Waals surface area (Å²) in [7, 11) is 0. The molecule has 0 radical (unpaired) electrons. The van der Waals surface area contributed by atoms with Crippen molar-refractivity contribution >= 4 is 29.0 Å². The highest BCUT2D eigenvalue weighted by Crippen LogP contribution is 2.34. The van der Waals surface area contributed by atoms with Gasteiger partial charge < -0.3 is 4.90 Å². The van der Waals surface area contributed by atoms with E-state index in [0.29, 0.717) is 10.0 Å².